The van der Waals surface area contributed by atoms with Crippen molar-refractivity contribution >= 4 is 17.9 Å². The van der Waals surface area contributed by atoms with Crippen LogP contribution in [0.15, 0.2) is 48.5 Å². The summed E-state index contributed by atoms with van der Waals surface area (Å²) in [5, 5.41) is 0. The molecule has 0 N–H and O–H groups in total. The summed E-state index contributed by atoms with van der Waals surface area (Å²) in [6.45, 7) is 0. The third-order valence-corrected chi connectivity index (χ3v) is 2.84. The van der Waals surface area contributed by atoms with Crippen LogP contribution in [0.25, 0.3) is 0 Å². The summed E-state index contributed by atoms with van der Waals surface area (Å²) in [6.07, 6.45) is 0. The Hall–Kier alpha value is -2.95. The summed E-state index contributed by atoms with van der Waals surface area (Å²) in [5.41, 5.74) is 0.675. The molecule has 5 heteroatoms. The van der Waals surface area contributed by atoms with E-state index in [4.69, 9.17) is 4.74 Å². The zero-order chi connectivity index (χ0) is 14.1. The van der Waals surface area contributed by atoms with Gasteiger partial charge in [-0.2, -0.15) is 0 Å². The van der Waals surface area contributed by atoms with Gasteiger partial charge in [0, 0.05) is 0 Å². The molecule has 0 aromatic heterocycles. The zero-order valence-electron chi connectivity index (χ0n) is 10.2. The van der Waals surface area contributed by atoms with E-state index < -0.39 is 17.9 Å². The smallest absolute Gasteiger partial charge is 0.347 e. The third-order valence-electron chi connectivity index (χ3n) is 2.84. The van der Waals surface area contributed by atoms with Gasteiger partial charge >= 0.3 is 17.9 Å². The average Bonchev–Trinajstić information content (AvgIpc) is 2.75. The molecule has 0 bridgehead atoms. The van der Waals surface area contributed by atoms with Crippen LogP contribution in [-0.4, -0.2) is 17.9 Å². The Morgan fingerprint density at radius 1 is 0.900 bits per heavy atom. The normalized spacial score (nSPS) is 12.8. The van der Waals surface area contributed by atoms with E-state index >= 15 is 0 Å². The Morgan fingerprint density at radius 2 is 1.60 bits per heavy atom. The van der Waals surface area contributed by atoms with E-state index in [0.29, 0.717) is 5.56 Å². The van der Waals surface area contributed by atoms with Crippen molar-refractivity contribution in [2.75, 3.05) is 0 Å². The first-order valence-corrected chi connectivity index (χ1v) is 5.83. The molecule has 2 aromatic carbocycles. The molecule has 0 fully saturated rings. The fraction of sp³-hybridized carbons (Fsp3) is 0. The van der Waals surface area contributed by atoms with Crippen molar-refractivity contribution in [2.24, 2.45) is 0 Å². The van der Waals surface area contributed by atoms with E-state index in [9.17, 15) is 14.4 Å². The van der Waals surface area contributed by atoms with Crippen molar-refractivity contribution in [3.05, 3.63) is 65.2 Å². The molecule has 98 valence electrons. The van der Waals surface area contributed by atoms with Crippen LogP contribution in [-0.2, 0) is 4.74 Å². The quantitative estimate of drug-likeness (QED) is 0.474. The molecule has 1 aliphatic rings. The maximum Gasteiger partial charge on any atom is 0.347 e. The molecule has 0 saturated carbocycles. The van der Waals surface area contributed by atoms with Crippen LogP contribution >= 0.6 is 0 Å². The number of hydrogen-bond donors (Lipinski definition) is 0. The molecule has 1 aliphatic heterocycles. The van der Waals surface area contributed by atoms with Crippen molar-refractivity contribution < 1.29 is 23.9 Å². The highest BCUT2D eigenvalue weighted by molar-refractivity contribution is 6.14. The van der Waals surface area contributed by atoms with Crippen LogP contribution in [0.3, 0.4) is 0 Å². The van der Waals surface area contributed by atoms with Gasteiger partial charge in [-0.1, -0.05) is 18.2 Å². The first kappa shape index (κ1) is 12.1. The first-order valence-electron chi connectivity index (χ1n) is 5.83. The number of esters is 3. The van der Waals surface area contributed by atoms with Gasteiger partial charge in [0.1, 0.15) is 5.75 Å². The lowest BCUT2D eigenvalue weighted by Gasteiger charge is -2.04. The predicted octanol–water partition coefficient (Wildman–Crippen LogP) is 2.22. The summed E-state index contributed by atoms with van der Waals surface area (Å²) in [5.74, 6) is -1.78. The fourth-order valence-electron chi connectivity index (χ4n) is 1.87. The molecule has 0 unspecified atom stereocenters. The van der Waals surface area contributed by atoms with E-state index in [2.05, 4.69) is 4.74 Å². The molecule has 5 nitrogen and oxygen atoms in total. The Kier molecular flexibility index (Phi) is 2.80. The van der Waals surface area contributed by atoms with Gasteiger partial charge < -0.3 is 9.47 Å². The minimum atomic E-state index is -0.734. The minimum Gasteiger partial charge on any atom is -0.423 e. The standard InChI is InChI=1S/C15H8O5/c16-13(9-4-2-1-3-5-9)19-10-6-7-11-12(8-10)15(18)20-14(11)17/h1-8H. The van der Waals surface area contributed by atoms with Crippen LogP contribution in [0.1, 0.15) is 31.1 Å². The van der Waals surface area contributed by atoms with E-state index in [1.807, 2.05) is 0 Å². The van der Waals surface area contributed by atoms with E-state index in [1.54, 1.807) is 30.3 Å². The van der Waals surface area contributed by atoms with Crippen LogP contribution in [0.2, 0.25) is 0 Å². The van der Waals surface area contributed by atoms with Gasteiger partial charge in [0.2, 0.25) is 0 Å². The first-order chi connectivity index (χ1) is 9.65. The number of rotatable bonds is 2. The topological polar surface area (TPSA) is 69.7 Å². The highest BCUT2D eigenvalue weighted by Gasteiger charge is 2.30. The number of carbonyl (C=O) groups excluding carboxylic acids is 3. The summed E-state index contributed by atoms with van der Waals surface area (Å²) in [6, 6.07) is 12.6. The lowest BCUT2D eigenvalue weighted by atomic mass is 10.1. The molecule has 0 radical (unpaired) electrons. The largest absolute Gasteiger partial charge is 0.423 e. The summed E-state index contributed by atoms with van der Waals surface area (Å²) < 4.78 is 9.61. The highest BCUT2D eigenvalue weighted by Crippen LogP contribution is 2.25. The van der Waals surface area contributed by atoms with Crippen LogP contribution in [0, 0.1) is 0 Å². The number of carbonyl (C=O) groups is 3. The van der Waals surface area contributed by atoms with Crippen molar-refractivity contribution in [1.82, 2.24) is 0 Å². The summed E-state index contributed by atoms with van der Waals surface area (Å²) in [7, 11) is 0. The SMILES string of the molecule is O=C(Oc1ccc2c(c1)C(=O)OC2=O)c1ccccc1. The lowest BCUT2D eigenvalue weighted by Crippen LogP contribution is -2.08. The van der Waals surface area contributed by atoms with Gasteiger partial charge in [-0.3, -0.25) is 0 Å². The minimum absolute atomic E-state index is 0.105. The van der Waals surface area contributed by atoms with Crippen molar-refractivity contribution in [3.63, 3.8) is 0 Å². The van der Waals surface area contributed by atoms with Gasteiger partial charge in [-0.15, -0.1) is 0 Å². The molecular formula is C15H8O5. The second kappa shape index (κ2) is 4.62. The number of cyclic esters (lactones) is 2. The Balaban J connectivity index is 1.86. The molecular weight excluding hydrogens is 260 g/mol. The Labute approximate surface area is 113 Å². The molecule has 2 aromatic rings. The number of hydrogen-bond acceptors (Lipinski definition) is 5. The van der Waals surface area contributed by atoms with Crippen molar-refractivity contribution in [2.45, 2.75) is 0 Å². The van der Waals surface area contributed by atoms with Gasteiger partial charge in [-0.25, -0.2) is 14.4 Å². The van der Waals surface area contributed by atoms with Crippen molar-refractivity contribution in [1.29, 1.82) is 0 Å². The molecule has 0 spiro atoms. The summed E-state index contributed by atoms with van der Waals surface area (Å²) in [4.78, 5) is 34.5. The zero-order valence-corrected chi connectivity index (χ0v) is 10.2. The van der Waals surface area contributed by atoms with Crippen LogP contribution < -0.4 is 4.74 Å². The Morgan fingerprint density at radius 3 is 2.35 bits per heavy atom. The maximum absolute atomic E-state index is 11.9. The van der Waals surface area contributed by atoms with Gasteiger partial charge in [0.15, 0.2) is 0 Å². The maximum atomic E-state index is 11.9. The molecule has 0 atom stereocenters. The number of ether oxygens (including phenoxy) is 2. The van der Waals surface area contributed by atoms with Gasteiger partial charge in [0.05, 0.1) is 16.7 Å². The molecule has 0 saturated heterocycles. The van der Waals surface area contributed by atoms with Crippen molar-refractivity contribution in [3.8, 4) is 5.75 Å². The molecule has 0 aliphatic carbocycles. The molecule has 20 heavy (non-hydrogen) atoms. The number of benzene rings is 2. The third kappa shape index (κ3) is 2.05. The van der Waals surface area contributed by atoms with E-state index in [-0.39, 0.29) is 16.9 Å². The predicted molar refractivity (Wildman–Crippen MR) is 67.6 cm³/mol. The summed E-state index contributed by atoms with van der Waals surface area (Å²) >= 11 is 0. The van der Waals surface area contributed by atoms with Gasteiger partial charge in [0.25, 0.3) is 0 Å². The van der Waals surface area contributed by atoms with Gasteiger partial charge in [-0.05, 0) is 30.3 Å². The molecule has 3 rings (SSSR count). The fourth-order valence-corrected chi connectivity index (χ4v) is 1.87. The molecule has 0 amide bonds. The molecule has 1 heterocycles. The Bertz CT molecular complexity index is 718. The second-order valence-corrected chi connectivity index (χ2v) is 4.14. The van der Waals surface area contributed by atoms with E-state index in [1.165, 1.54) is 18.2 Å². The van der Waals surface area contributed by atoms with Crippen LogP contribution in [0.5, 0.6) is 5.75 Å². The second-order valence-electron chi connectivity index (χ2n) is 4.14. The highest BCUT2D eigenvalue weighted by atomic mass is 16.6. The van der Waals surface area contributed by atoms with Crippen LogP contribution in [0.4, 0.5) is 0 Å². The number of fused-ring (bicyclic) bond motifs is 1. The van der Waals surface area contributed by atoms with E-state index in [0.717, 1.165) is 0 Å². The monoisotopic (exact) mass is 268 g/mol. The average molecular weight is 268 g/mol. The lowest BCUT2D eigenvalue weighted by molar-refractivity contribution is 0.0442.